The summed E-state index contributed by atoms with van der Waals surface area (Å²) in [6.45, 7) is 2.95. The fourth-order valence-corrected chi connectivity index (χ4v) is 1.90. The maximum atomic E-state index is 5.43. The predicted octanol–water partition coefficient (Wildman–Crippen LogP) is 4.64. The van der Waals surface area contributed by atoms with Gasteiger partial charge in [-0.3, -0.25) is 0 Å². The molecule has 0 saturated heterocycles. The van der Waals surface area contributed by atoms with Crippen molar-refractivity contribution in [2.75, 3.05) is 13.7 Å². The maximum Gasteiger partial charge on any atom is 0.119 e. The average molecular weight is 256 g/mol. The Hall–Kier alpha value is -1.96. The summed E-state index contributed by atoms with van der Waals surface area (Å²) in [6, 6.07) is 12.4. The van der Waals surface area contributed by atoms with Crippen LogP contribution in [0.2, 0.25) is 0 Å². The first kappa shape index (κ1) is 13.5. The topological polar surface area (TPSA) is 18.5 Å². The van der Waals surface area contributed by atoms with E-state index in [1.54, 1.807) is 13.4 Å². The van der Waals surface area contributed by atoms with E-state index in [2.05, 4.69) is 31.2 Å². The number of benzene rings is 2. The minimum atomic E-state index is 0.789. The molecule has 0 N–H and O–H groups in total. The molecule has 0 aromatic heterocycles. The maximum absolute atomic E-state index is 5.43. The molecule has 0 unspecified atom stereocenters. The molecule has 0 atom stereocenters. The Bertz CT molecular complexity index is 558. The standard InChI is InChI=1S/C17H20O2/c1-3-4-10-19-11-9-14-5-6-16-13-17(18-2)8-7-15(16)12-14/h5-9,11-13H,3-4,10H2,1-2H3. The summed E-state index contributed by atoms with van der Waals surface area (Å²) < 4.78 is 10.6. The van der Waals surface area contributed by atoms with Crippen LogP contribution >= 0.6 is 0 Å². The summed E-state index contributed by atoms with van der Waals surface area (Å²) >= 11 is 0. The Labute approximate surface area is 114 Å². The van der Waals surface area contributed by atoms with E-state index in [0.29, 0.717) is 0 Å². The smallest absolute Gasteiger partial charge is 0.119 e. The van der Waals surface area contributed by atoms with Crippen molar-refractivity contribution in [1.82, 2.24) is 0 Å². The van der Waals surface area contributed by atoms with Gasteiger partial charge in [0.25, 0.3) is 0 Å². The quantitative estimate of drug-likeness (QED) is 0.554. The molecule has 0 aliphatic carbocycles. The van der Waals surface area contributed by atoms with Gasteiger partial charge < -0.3 is 9.47 Å². The number of ether oxygens (including phenoxy) is 2. The second kappa shape index (κ2) is 6.83. The molecular weight excluding hydrogens is 236 g/mol. The molecule has 100 valence electrons. The minimum absolute atomic E-state index is 0.789. The Kier molecular flexibility index (Phi) is 4.85. The largest absolute Gasteiger partial charge is 0.501 e. The zero-order valence-corrected chi connectivity index (χ0v) is 11.6. The first-order valence-corrected chi connectivity index (χ1v) is 6.69. The molecule has 2 heteroatoms. The summed E-state index contributed by atoms with van der Waals surface area (Å²) in [5.74, 6) is 0.888. The summed E-state index contributed by atoms with van der Waals surface area (Å²) in [7, 11) is 1.69. The monoisotopic (exact) mass is 256 g/mol. The molecule has 0 fully saturated rings. The van der Waals surface area contributed by atoms with Gasteiger partial charge in [-0.2, -0.15) is 0 Å². The molecule has 2 rings (SSSR count). The van der Waals surface area contributed by atoms with Crippen molar-refractivity contribution in [3.8, 4) is 5.75 Å². The van der Waals surface area contributed by atoms with Gasteiger partial charge in [0.2, 0.25) is 0 Å². The fraction of sp³-hybridized carbons (Fsp3) is 0.294. The van der Waals surface area contributed by atoms with Crippen molar-refractivity contribution in [3.63, 3.8) is 0 Å². The number of methoxy groups -OCH3 is 1. The second-order valence-electron chi connectivity index (χ2n) is 4.50. The average Bonchev–Trinajstić information content (AvgIpc) is 2.46. The highest BCUT2D eigenvalue weighted by molar-refractivity contribution is 5.85. The molecule has 0 bridgehead atoms. The first-order chi connectivity index (χ1) is 9.33. The van der Waals surface area contributed by atoms with E-state index in [-0.39, 0.29) is 0 Å². The van der Waals surface area contributed by atoms with Crippen molar-refractivity contribution in [2.45, 2.75) is 19.8 Å². The molecule has 0 aliphatic rings. The van der Waals surface area contributed by atoms with E-state index in [4.69, 9.17) is 9.47 Å². The van der Waals surface area contributed by atoms with Crippen LogP contribution in [-0.4, -0.2) is 13.7 Å². The Morgan fingerprint density at radius 2 is 1.84 bits per heavy atom. The van der Waals surface area contributed by atoms with Crippen LogP contribution in [0.15, 0.2) is 42.7 Å². The van der Waals surface area contributed by atoms with Crippen molar-refractivity contribution < 1.29 is 9.47 Å². The van der Waals surface area contributed by atoms with E-state index >= 15 is 0 Å². The van der Waals surface area contributed by atoms with Gasteiger partial charge in [0.15, 0.2) is 0 Å². The van der Waals surface area contributed by atoms with Crippen LogP contribution in [0, 0.1) is 0 Å². The molecular formula is C17H20O2. The van der Waals surface area contributed by atoms with Crippen LogP contribution in [0.4, 0.5) is 0 Å². The lowest BCUT2D eigenvalue weighted by Crippen LogP contribution is -1.85. The third-order valence-corrected chi connectivity index (χ3v) is 3.04. The van der Waals surface area contributed by atoms with Gasteiger partial charge in [-0.05, 0) is 47.0 Å². The molecule has 2 aromatic carbocycles. The van der Waals surface area contributed by atoms with Crippen LogP contribution in [-0.2, 0) is 4.74 Å². The number of hydrogen-bond donors (Lipinski definition) is 0. The Balaban J connectivity index is 2.09. The lowest BCUT2D eigenvalue weighted by atomic mass is 10.1. The lowest BCUT2D eigenvalue weighted by molar-refractivity contribution is 0.246. The van der Waals surface area contributed by atoms with E-state index < -0.39 is 0 Å². The SMILES string of the molecule is CCCCOC=Cc1ccc2cc(OC)ccc2c1. The van der Waals surface area contributed by atoms with E-state index in [1.165, 1.54) is 10.8 Å². The van der Waals surface area contributed by atoms with Crippen LogP contribution in [0.1, 0.15) is 25.3 Å². The van der Waals surface area contributed by atoms with Gasteiger partial charge in [-0.1, -0.05) is 31.5 Å². The molecule has 0 saturated carbocycles. The summed E-state index contributed by atoms with van der Waals surface area (Å²) in [5.41, 5.74) is 1.15. The number of hydrogen-bond acceptors (Lipinski definition) is 2. The second-order valence-corrected chi connectivity index (χ2v) is 4.50. The van der Waals surface area contributed by atoms with Crippen molar-refractivity contribution in [3.05, 3.63) is 48.2 Å². The van der Waals surface area contributed by atoms with Gasteiger partial charge >= 0.3 is 0 Å². The summed E-state index contributed by atoms with van der Waals surface area (Å²) in [5, 5.41) is 2.39. The van der Waals surface area contributed by atoms with Gasteiger partial charge in [0.1, 0.15) is 5.75 Å². The number of unbranched alkanes of at least 4 members (excludes halogenated alkanes) is 1. The van der Waals surface area contributed by atoms with E-state index in [9.17, 15) is 0 Å². The van der Waals surface area contributed by atoms with Gasteiger partial charge in [0, 0.05) is 0 Å². The third-order valence-electron chi connectivity index (χ3n) is 3.04. The lowest BCUT2D eigenvalue weighted by Gasteiger charge is -2.03. The minimum Gasteiger partial charge on any atom is -0.501 e. The molecule has 2 nitrogen and oxygen atoms in total. The summed E-state index contributed by atoms with van der Waals surface area (Å²) in [4.78, 5) is 0. The zero-order chi connectivity index (χ0) is 13.5. The predicted molar refractivity (Wildman–Crippen MR) is 80.4 cm³/mol. The van der Waals surface area contributed by atoms with Gasteiger partial charge in [-0.15, -0.1) is 0 Å². The van der Waals surface area contributed by atoms with Crippen LogP contribution in [0.3, 0.4) is 0 Å². The van der Waals surface area contributed by atoms with E-state index in [0.717, 1.165) is 30.8 Å². The normalized spacial score (nSPS) is 11.1. The summed E-state index contributed by atoms with van der Waals surface area (Å²) in [6.07, 6.45) is 6.03. The molecule has 0 heterocycles. The Morgan fingerprint density at radius 1 is 1.05 bits per heavy atom. The highest BCUT2D eigenvalue weighted by Gasteiger charge is 1.97. The molecule has 2 aromatic rings. The highest BCUT2D eigenvalue weighted by Crippen LogP contribution is 2.22. The van der Waals surface area contributed by atoms with Crippen molar-refractivity contribution >= 4 is 16.8 Å². The molecule has 0 aliphatic heterocycles. The highest BCUT2D eigenvalue weighted by atomic mass is 16.5. The van der Waals surface area contributed by atoms with Crippen molar-refractivity contribution in [2.24, 2.45) is 0 Å². The molecule has 0 spiro atoms. The third kappa shape index (κ3) is 3.75. The van der Waals surface area contributed by atoms with Crippen molar-refractivity contribution in [1.29, 1.82) is 0 Å². The van der Waals surface area contributed by atoms with Crippen LogP contribution in [0.25, 0.3) is 16.8 Å². The fourth-order valence-electron chi connectivity index (χ4n) is 1.90. The zero-order valence-electron chi connectivity index (χ0n) is 11.6. The van der Waals surface area contributed by atoms with E-state index in [1.807, 2.05) is 18.2 Å². The van der Waals surface area contributed by atoms with Crippen LogP contribution in [0.5, 0.6) is 5.75 Å². The van der Waals surface area contributed by atoms with Gasteiger partial charge in [0.05, 0.1) is 20.0 Å². The number of rotatable bonds is 6. The first-order valence-electron chi connectivity index (χ1n) is 6.69. The number of fused-ring (bicyclic) bond motifs is 1. The molecule has 0 radical (unpaired) electrons. The molecule has 0 amide bonds. The van der Waals surface area contributed by atoms with Gasteiger partial charge in [-0.25, -0.2) is 0 Å². The molecule has 19 heavy (non-hydrogen) atoms. The Morgan fingerprint density at radius 3 is 2.63 bits per heavy atom. The van der Waals surface area contributed by atoms with Crippen LogP contribution < -0.4 is 4.74 Å².